The van der Waals surface area contributed by atoms with Gasteiger partial charge in [0.1, 0.15) is 5.75 Å². The molecule has 0 aliphatic carbocycles. The fourth-order valence-corrected chi connectivity index (χ4v) is 2.85. The second-order valence-corrected chi connectivity index (χ2v) is 7.21. The van der Waals surface area contributed by atoms with Gasteiger partial charge in [-0.25, -0.2) is 0 Å². The summed E-state index contributed by atoms with van der Waals surface area (Å²) in [6, 6.07) is 17.8. The fourth-order valence-electron chi connectivity index (χ4n) is 2.85. The molecule has 2 aromatic carbocycles. The van der Waals surface area contributed by atoms with E-state index in [1.807, 2.05) is 48.5 Å². The Kier molecular flexibility index (Phi) is 6.00. The van der Waals surface area contributed by atoms with E-state index in [4.69, 9.17) is 15.7 Å². The number of nitriles is 1. The van der Waals surface area contributed by atoms with Crippen molar-refractivity contribution >= 4 is 0 Å². The van der Waals surface area contributed by atoms with E-state index in [1.165, 1.54) is 0 Å². The molecule has 0 radical (unpaired) electrons. The predicted molar refractivity (Wildman–Crippen MR) is 98.7 cm³/mol. The van der Waals surface area contributed by atoms with Gasteiger partial charge in [-0.15, -0.1) is 0 Å². The van der Waals surface area contributed by atoms with E-state index in [-0.39, 0.29) is 5.41 Å². The number of rotatable bonds is 7. The molecule has 2 N–H and O–H groups in total. The fraction of sp³-hybridized carbons (Fsp3) is 0.381. The van der Waals surface area contributed by atoms with Crippen molar-refractivity contribution in [2.24, 2.45) is 17.1 Å². The van der Waals surface area contributed by atoms with Crippen molar-refractivity contribution in [2.45, 2.75) is 27.2 Å². The van der Waals surface area contributed by atoms with Crippen LogP contribution in [0.25, 0.3) is 11.1 Å². The van der Waals surface area contributed by atoms with Crippen LogP contribution in [-0.4, -0.2) is 13.2 Å². The van der Waals surface area contributed by atoms with Crippen molar-refractivity contribution in [3.63, 3.8) is 0 Å². The summed E-state index contributed by atoms with van der Waals surface area (Å²) in [6.07, 6.45) is 1.05. The van der Waals surface area contributed by atoms with Gasteiger partial charge in [-0.3, -0.25) is 0 Å². The normalized spacial score (nSPS) is 12.5. The van der Waals surface area contributed by atoms with Gasteiger partial charge in [-0.2, -0.15) is 5.26 Å². The molecule has 2 rings (SSSR count). The summed E-state index contributed by atoms with van der Waals surface area (Å²) in [7, 11) is 0. The molecule has 1 unspecified atom stereocenters. The summed E-state index contributed by atoms with van der Waals surface area (Å²) in [5, 5.41) is 8.86. The lowest BCUT2D eigenvalue weighted by atomic mass is 9.84. The molecule has 0 spiro atoms. The Morgan fingerprint density at radius 3 is 2.08 bits per heavy atom. The number of hydrogen-bond acceptors (Lipinski definition) is 3. The number of nitrogens with two attached hydrogens (primary N) is 1. The molecule has 3 heteroatoms. The first-order valence-electron chi connectivity index (χ1n) is 8.37. The first-order chi connectivity index (χ1) is 11.4. The summed E-state index contributed by atoms with van der Waals surface area (Å²) in [5.74, 6) is 1.38. The van der Waals surface area contributed by atoms with Gasteiger partial charge >= 0.3 is 0 Å². The molecule has 0 fully saturated rings. The number of nitrogens with zero attached hydrogens (tertiary/aromatic N) is 1. The highest BCUT2D eigenvalue weighted by atomic mass is 16.5. The van der Waals surface area contributed by atoms with Crippen LogP contribution in [0.2, 0.25) is 0 Å². The van der Waals surface area contributed by atoms with E-state index in [9.17, 15) is 0 Å². The third-order valence-corrected chi connectivity index (χ3v) is 4.13. The highest BCUT2D eigenvalue weighted by Gasteiger charge is 2.21. The minimum Gasteiger partial charge on any atom is -0.493 e. The zero-order chi connectivity index (χ0) is 17.6. The van der Waals surface area contributed by atoms with Crippen molar-refractivity contribution in [3.05, 3.63) is 54.1 Å². The Hall–Kier alpha value is -2.31. The van der Waals surface area contributed by atoms with Gasteiger partial charge in [-0.1, -0.05) is 45.0 Å². The first-order valence-corrected chi connectivity index (χ1v) is 8.37. The summed E-state index contributed by atoms with van der Waals surface area (Å²) < 4.78 is 5.96. The second-order valence-electron chi connectivity index (χ2n) is 7.21. The summed E-state index contributed by atoms with van der Waals surface area (Å²) in [6.45, 7) is 7.99. The zero-order valence-corrected chi connectivity index (χ0v) is 14.8. The second kappa shape index (κ2) is 7.99. The van der Waals surface area contributed by atoms with E-state index >= 15 is 0 Å². The van der Waals surface area contributed by atoms with Gasteiger partial charge in [0.2, 0.25) is 0 Å². The van der Waals surface area contributed by atoms with Crippen molar-refractivity contribution in [2.75, 3.05) is 13.2 Å². The smallest absolute Gasteiger partial charge is 0.119 e. The molecule has 1 atom stereocenters. The largest absolute Gasteiger partial charge is 0.493 e. The molecule has 24 heavy (non-hydrogen) atoms. The predicted octanol–water partition coefficient (Wildman–Crippen LogP) is 4.62. The topological polar surface area (TPSA) is 59.0 Å². The lowest BCUT2D eigenvalue weighted by molar-refractivity contribution is 0.152. The monoisotopic (exact) mass is 322 g/mol. The van der Waals surface area contributed by atoms with Gasteiger partial charge in [0.15, 0.2) is 0 Å². The van der Waals surface area contributed by atoms with Crippen LogP contribution in [-0.2, 0) is 0 Å². The van der Waals surface area contributed by atoms with Gasteiger partial charge in [0.25, 0.3) is 0 Å². The van der Waals surface area contributed by atoms with Gasteiger partial charge in [0, 0.05) is 0 Å². The molecule has 2 aromatic rings. The molecule has 126 valence electrons. The van der Waals surface area contributed by atoms with E-state index < -0.39 is 0 Å². The van der Waals surface area contributed by atoms with E-state index in [0.717, 1.165) is 23.3 Å². The van der Waals surface area contributed by atoms with Crippen molar-refractivity contribution in [3.8, 4) is 22.9 Å². The van der Waals surface area contributed by atoms with Crippen molar-refractivity contribution in [1.82, 2.24) is 0 Å². The molecule has 0 saturated heterocycles. The van der Waals surface area contributed by atoms with Crippen LogP contribution in [0.4, 0.5) is 0 Å². The van der Waals surface area contributed by atoms with Gasteiger partial charge in [0.05, 0.1) is 18.2 Å². The molecular weight excluding hydrogens is 296 g/mol. The molecule has 0 heterocycles. The Morgan fingerprint density at radius 2 is 1.58 bits per heavy atom. The first kappa shape index (κ1) is 18.0. The Balaban J connectivity index is 1.98. The quantitative estimate of drug-likeness (QED) is 0.809. The molecule has 0 bridgehead atoms. The molecule has 0 aromatic heterocycles. The van der Waals surface area contributed by atoms with Crippen LogP contribution in [0, 0.1) is 22.7 Å². The Bertz CT molecular complexity index is 681. The third-order valence-electron chi connectivity index (χ3n) is 4.13. The molecule has 0 aliphatic rings. The molecular formula is C21H26N2O. The lowest BCUT2D eigenvalue weighted by Gasteiger charge is -2.27. The van der Waals surface area contributed by atoms with E-state index in [2.05, 4.69) is 26.8 Å². The maximum Gasteiger partial charge on any atom is 0.119 e. The molecule has 3 nitrogen and oxygen atoms in total. The van der Waals surface area contributed by atoms with Crippen LogP contribution in [0.15, 0.2) is 48.5 Å². The van der Waals surface area contributed by atoms with Crippen LogP contribution >= 0.6 is 0 Å². The number of benzene rings is 2. The minimum absolute atomic E-state index is 0.102. The van der Waals surface area contributed by atoms with Crippen LogP contribution < -0.4 is 10.5 Å². The highest BCUT2D eigenvalue weighted by molar-refractivity contribution is 5.64. The lowest BCUT2D eigenvalue weighted by Crippen LogP contribution is -2.26. The average Bonchev–Trinajstić information content (AvgIpc) is 2.60. The number of ether oxygens (including phenoxy) is 1. The summed E-state index contributed by atoms with van der Waals surface area (Å²) in [4.78, 5) is 0. The molecule has 0 aliphatic heterocycles. The van der Waals surface area contributed by atoms with Gasteiger partial charge in [-0.05, 0) is 59.7 Å². The summed E-state index contributed by atoms with van der Waals surface area (Å²) >= 11 is 0. The zero-order valence-electron chi connectivity index (χ0n) is 14.8. The van der Waals surface area contributed by atoms with E-state index in [0.29, 0.717) is 24.6 Å². The maximum absolute atomic E-state index is 8.86. The van der Waals surface area contributed by atoms with Crippen LogP contribution in [0.1, 0.15) is 32.8 Å². The number of hydrogen-bond donors (Lipinski definition) is 1. The highest BCUT2D eigenvalue weighted by Crippen LogP contribution is 2.28. The Labute approximate surface area is 145 Å². The molecule has 0 amide bonds. The standard InChI is InChI=1S/C21H26N2O/c1-16(13-22)12-21(2,3)15-24-20-10-8-19(9-11-20)18-6-4-17(14-23)5-7-18/h4-11,16H,12-13,15,22H2,1-3H3. The average molecular weight is 322 g/mol. The van der Waals surface area contributed by atoms with Gasteiger partial charge < -0.3 is 10.5 Å². The van der Waals surface area contributed by atoms with Crippen molar-refractivity contribution in [1.29, 1.82) is 5.26 Å². The van der Waals surface area contributed by atoms with Crippen molar-refractivity contribution < 1.29 is 4.74 Å². The molecule has 0 saturated carbocycles. The van der Waals surface area contributed by atoms with Crippen LogP contribution in [0.5, 0.6) is 5.75 Å². The third kappa shape index (κ3) is 5.11. The summed E-state index contributed by atoms with van der Waals surface area (Å²) in [5.41, 5.74) is 8.70. The maximum atomic E-state index is 8.86. The SMILES string of the molecule is CC(CN)CC(C)(C)COc1ccc(-c2ccc(C#N)cc2)cc1. The van der Waals surface area contributed by atoms with Crippen LogP contribution in [0.3, 0.4) is 0 Å². The Morgan fingerprint density at radius 1 is 1.04 bits per heavy atom. The minimum atomic E-state index is 0.102. The van der Waals surface area contributed by atoms with E-state index in [1.54, 1.807) is 0 Å².